The third kappa shape index (κ3) is 4.31. The van der Waals surface area contributed by atoms with Gasteiger partial charge in [-0.3, -0.25) is 0 Å². The van der Waals surface area contributed by atoms with Crippen molar-refractivity contribution >= 4 is 23.3 Å². The highest BCUT2D eigenvalue weighted by Gasteiger charge is 2.22. The molecule has 5 heteroatoms. The molecule has 0 spiro atoms. The Morgan fingerprint density at radius 1 is 1.04 bits per heavy atom. The zero-order valence-electron chi connectivity index (χ0n) is 15.4. The van der Waals surface area contributed by atoms with E-state index < -0.39 is 0 Å². The van der Waals surface area contributed by atoms with E-state index in [1.54, 1.807) is 0 Å². The van der Waals surface area contributed by atoms with Crippen LogP contribution in [-0.2, 0) is 6.54 Å². The first kappa shape index (κ1) is 18.6. The number of nitrogens with one attached hydrogen (secondary N) is 1. The zero-order valence-corrected chi connectivity index (χ0v) is 16.2. The lowest BCUT2D eigenvalue weighted by molar-refractivity contribution is 0.194. The number of benzene rings is 2. The Kier molecular flexibility index (Phi) is 6.04. The van der Waals surface area contributed by atoms with E-state index in [1.165, 1.54) is 11.3 Å². The van der Waals surface area contributed by atoms with E-state index in [1.807, 2.05) is 29.2 Å². The van der Waals surface area contributed by atoms with Crippen molar-refractivity contribution < 1.29 is 4.79 Å². The standard InChI is InChI=1S/C21H26ClN3O/c1-16(2)18-8-4-6-10-20(18)24-11-13-25(14-12-24)21(26)23-15-17-7-3-5-9-19(17)22/h3-10,16H,11-15H2,1-2H3,(H,23,26). The molecule has 4 nitrogen and oxygen atoms in total. The van der Waals surface area contributed by atoms with Crippen LogP contribution in [0.4, 0.5) is 10.5 Å². The van der Waals surface area contributed by atoms with Crippen molar-refractivity contribution in [2.45, 2.75) is 26.3 Å². The number of rotatable bonds is 4. The van der Waals surface area contributed by atoms with Crippen LogP contribution in [-0.4, -0.2) is 37.1 Å². The number of amides is 2. The lowest BCUT2D eigenvalue weighted by atomic mass is 10.00. The van der Waals surface area contributed by atoms with Crippen LogP contribution in [0.1, 0.15) is 30.9 Å². The molecule has 0 aliphatic carbocycles. The van der Waals surface area contributed by atoms with Gasteiger partial charge < -0.3 is 15.1 Å². The molecule has 0 saturated carbocycles. The molecule has 138 valence electrons. The molecule has 0 radical (unpaired) electrons. The van der Waals surface area contributed by atoms with E-state index in [2.05, 4.69) is 48.3 Å². The van der Waals surface area contributed by atoms with E-state index in [9.17, 15) is 4.79 Å². The van der Waals surface area contributed by atoms with Crippen molar-refractivity contribution in [3.63, 3.8) is 0 Å². The quantitative estimate of drug-likeness (QED) is 0.859. The van der Waals surface area contributed by atoms with Crippen molar-refractivity contribution in [3.8, 4) is 0 Å². The lowest BCUT2D eigenvalue weighted by Crippen LogP contribution is -2.51. The van der Waals surface area contributed by atoms with Gasteiger partial charge in [0.05, 0.1) is 0 Å². The Morgan fingerprint density at radius 3 is 2.38 bits per heavy atom. The number of nitrogens with zero attached hydrogens (tertiary/aromatic N) is 2. The van der Waals surface area contributed by atoms with Gasteiger partial charge in [0.1, 0.15) is 0 Å². The van der Waals surface area contributed by atoms with Gasteiger partial charge >= 0.3 is 6.03 Å². The Hall–Kier alpha value is -2.20. The van der Waals surface area contributed by atoms with Gasteiger partial charge in [0.2, 0.25) is 0 Å². The number of carbonyl (C=O) groups is 1. The van der Waals surface area contributed by atoms with Crippen molar-refractivity contribution in [3.05, 3.63) is 64.7 Å². The normalized spacial score (nSPS) is 14.6. The van der Waals surface area contributed by atoms with Crippen LogP contribution in [0.3, 0.4) is 0 Å². The number of hydrogen-bond donors (Lipinski definition) is 1. The molecule has 1 fully saturated rings. The lowest BCUT2D eigenvalue weighted by Gasteiger charge is -2.37. The van der Waals surface area contributed by atoms with Gasteiger partial charge in [-0.1, -0.05) is 61.8 Å². The van der Waals surface area contributed by atoms with Crippen LogP contribution in [0.2, 0.25) is 5.02 Å². The first-order valence-electron chi connectivity index (χ1n) is 9.16. The molecule has 1 aliphatic heterocycles. The van der Waals surface area contributed by atoms with Gasteiger partial charge in [0, 0.05) is 43.4 Å². The highest BCUT2D eigenvalue weighted by Crippen LogP contribution is 2.28. The maximum absolute atomic E-state index is 12.5. The van der Waals surface area contributed by atoms with Crippen molar-refractivity contribution in [2.75, 3.05) is 31.1 Å². The molecule has 0 bridgehead atoms. The molecular weight excluding hydrogens is 346 g/mol. The number of piperazine rings is 1. The molecule has 3 rings (SSSR count). The van der Waals surface area contributed by atoms with Crippen LogP contribution in [0, 0.1) is 0 Å². The van der Waals surface area contributed by atoms with Crippen molar-refractivity contribution in [1.29, 1.82) is 0 Å². The molecule has 0 unspecified atom stereocenters. The number of urea groups is 1. The molecule has 0 atom stereocenters. The second-order valence-corrected chi connectivity index (χ2v) is 7.34. The molecule has 1 saturated heterocycles. The number of carbonyl (C=O) groups excluding carboxylic acids is 1. The van der Waals surface area contributed by atoms with Crippen LogP contribution >= 0.6 is 11.6 Å². The molecule has 0 aromatic heterocycles. The third-order valence-corrected chi connectivity index (χ3v) is 5.22. The molecule has 2 amide bonds. The fraction of sp³-hybridized carbons (Fsp3) is 0.381. The second kappa shape index (κ2) is 8.45. The van der Waals surface area contributed by atoms with E-state index in [0.29, 0.717) is 17.5 Å². The maximum Gasteiger partial charge on any atom is 0.317 e. The topological polar surface area (TPSA) is 35.6 Å². The molecule has 1 N–H and O–H groups in total. The first-order chi connectivity index (χ1) is 12.6. The molecule has 2 aromatic rings. The van der Waals surface area contributed by atoms with Crippen molar-refractivity contribution in [2.24, 2.45) is 0 Å². The summed E-state index contributed by atoms with van der Waals surface area (Å²) in [5, 5.41) is 3.66. The van der Waals surface area contributed by atoms with Gasteiger partial charge in [-0.15, -0.1) is 0 Å². The van der Waals surface area contributed by atoms with Gasteiger partial charge in [0.15, 0.2) is 0 Å². The highest BCUT2D eigenvalue weighted by atomic mass is 35.5. The Balaban J connectivity index is 1.55. The summed E-state index contributed by atoms with van der Waals surface area (Å²) >= 11 is 6.15. The Labute approximate surface area is 160 Å². The minimum atomic E-state index is -0.0262. The largest absolute Gasteiger partial charge is 0.368 e. The average molecular weight is 372 g/mol. The minimum absolute atomic E-state index is 0.0262. The van der Waals surface area contributed by atoms with Crippen molar-refractivity contribution in [1.82, 2.24) is 10.2 Å². The maximum atomic E-state index is 12.5. The summed E-state index contributed by atoms with van der Waals surface area (Å²) in [5.74, 6) is 0.489. The predicted molar refractivity (Wildman–Crippen MR) is 108 cm³/mol. The average Bonchev–Trinajstić information content (AvgIpc) is 2.67. The van der Waals surface area contributed by atoms with Crippen LogP contribution in [0.25, 0.3) is 0 Å². The molecule has 1 aliphatic rings. The number of para-hydroxylation sites is 1. The first-order valence-corrected chi connectivity index (χ1v) is 9.54. The van der Waals surface area contributed by atoms with Crippen LogP contribution < -0.4 is 10.2 Å². The van der Waals surface area contributed by atoms with E-state index in [0.717, 1.165) is 31.7 Å². The number of anilines is 1. The second-order valence-electron chi connectivity index (χ2n) is 6.94. The van der Waals surface area contributed by atoms with Gasteiger partial charge in [-0.2, -0.15) is 0 Å². The third-order valence-electron chi connectivity index (χ3n) is 4.85. The summed E-state index contributed by atoms with van der Waals surface area (Å²) < 4.78 is 0. The molecular formula is C21H26ClN3O. The van der Waals surface area contributed by atoms with E-state index in [-0.39, 0.29) is 6.03 Å². The minimum Gasteiger partial charge on any atom is -0.368 e. The summed E-state index contributed by atoms with van der Waals surface area (Å²) in [6.45, 7) is 8.04. The molecule has 2 aromatic carbocycles. The summed E-state index contributed by atoms with van der Waals surface area (Å²) in [7, 11) is 0. The van der Waals surface area contributed by atoms with E-state index in [4.69, 9.17) is 11.6 Å². The zero-order chi connectivity index (χ0) is 18.5. The van der Waals surface area contributed by atoms with Crippen LogP contribution in [0.15, 0.2) is 48.5 Å². The number of hydrogen-bond acceptors (Lipinski definition) is 2. The summed E-state index contributed by atoms with van der Waals surface area (Å²) in [6.07, 6.45) is 0. The molecule has 1 heterocycles. The monoisotopic (exact) mass is 371 g/mol. The van der Waals surface area contributed by atoms with Gasteiger partial charge in [-0.25, -0.2) is 4.79 Å². The van der Waals surface area contributed by atoms with E-state index >= 15 is 0 Å². The van der Waals surface area contributed by atoms with Crippen LogP contribution in [0.5, 0.6) is 0 Å². The summed E-state index contributed by atoms with van der Waals surface area (Å²) in [6, 6.07) is 16.1. The smallest absolute Gasteiger partial charge is 0.317 e. The highest BCUT2D eigenvalue weighted by molar-refractivity contribution is 6.31. The fourth-order valence-electron chi connectivity index (χ4n) is 3.34. The predicted octanol–water partition coefficient (Wildman–Crippen LogP) is 4.50. The van der Waals surface area contributed by atoms with Gasteiger partial charge in [0.25, 0.3) is 0 Å². The number of halogens is 1. The SMILES string of the molecule is CC(C)c1ccccc1N1CCN(C(=O)NCc2ccccc2Cl)CC1. The Bertz CT molecular complexity index is 754. The Morgan fingerprint density at radius 2 is 1.69 bits per heavy atom. The van der Waals surface area contributed by atoms with Gasteiger partial charge in [-0.05, 0) is 29.2 Å². The fourth-order valence-corrected chi connectivity index (χ4v) is 3.54. The summed E-state index contributed by atoms with van der Waals surface area (Å²) in [5.41, 5.74) is 3.59. The summed E-state index contributed by atoms with van der Waals surface area (Å²) in [4.78, 5) is 16.7. The molecule has 26 heavy (non-hydrogen) atoms.